The van der Waals surface area contributed by atoms with Gasteiger partial charge in [0, 0.05) is 5.57 Å². The number of benzene rings is 1. The molecule has 1 N–H and O–H groups in total. The molecule has 0 heterocycles. The fraction of sp³-hybridized carbons (Fsp3) is 0.471. The average molecular weight is 276 g/mol. The molecule has 0 unspecified atom stereocenters. The van der Waals surface area contributed by atoms with Crippen LogP contribution >= 0.6 is 0 Å². The number of unbranched alkanes of at least 4 members (excludes halogenated alkanes) is 5. The Hall–Kier alpha value is -1.77. The largest absolute Gasteiger partial charge is 0.494 e. The van der Waals surface area contributed by atoms with Crippen molar-refractivity contribution in [1.29, 1.82) is 0 Å². The first-order valence-electron chi connectivity index (χ1n) is 7.29. The molecule has 0 saturated carbocycles. The predicted octanol–water partition coefficient (Wildman–Crippen LogP) is 4.44. The molecule has 0 aliphatic rings. The Balaban J connectivity index is 1.88. The fourth-order valence-electron chi connectivity index (χ4n) is 1.96. The average Bonchev–Trinajstić information content (AvgIpc) is 2.46. The van der Waals surface area contributed by atoms with E-state index in [1.54, 1.807) is 0 Å². The lowest BCUT2D eigenvalue weighted by Crippen LogP contribution is -1.98. The van der Waals surface area contributed by atoms with Crippen molar-refractivity contribution in [1.82, 2.24) is 0 Å². The first kappa shape index (κ1) is 16.3. The molecule has 3 heteroatoms. The third-order valence-electron chi connectivity index (χ3n) is 3.19. The molecule has 0 aliphatic carbocycles. The summed E-state index contributed by atoms with van der Waals surface area (Å²) in [4.78, 5) is 10.5. The van der Waals surface area contributed by atoms with Gasteiger partial charge in [-0.25, -0.2) is 4.79 Å². The van der Waals surface area contributed by atoms with Gasteiger partial charge in [0.05, 0.1) is 6.61 Å². The molecule has 0 fully saturated rings. The quantitative estimate of drug-likeness (QED) is 0.480. The van der Waals surface area contributed by atoms with Crippen molar-refractivity contribution in [2.75, 3.05) is 6.61 Å². The lowest BCUT2D eigenvalue weighted by Gasteiger charge is -2.05. The second-order valence-corrected chi connectivity index (χ2v) is 4.94. The minimum absolute atomic E-state index is 0.321. The van der Waals surface area contributed by atoms with Crippen molar-refractivity contribution in [3.05, 3.63) is 42.5 Å². The highest BCUT2D eigenvalue weighted by molar-refractivity contribution is 5.85. The summed E-state index contributed by atoms with van der Waals surface area (Å²) in [5, 5.41) is 8.66. The molecule has 110 valence electrons. The van der Waals surface area contributed by atoms with Crippen LogP contribution in [0.15, 0.2) is 42.5 Å². The topological polar surface area (TPSA) is 46.5 Å². The standard InChI is InChI=1S/C17H24O3/c1-15(17(18)19)11-7-4-2-3-5-10-14-20-16-12-8-6-9-13-16/h6,8-9,12-13H,1-5,7,10-11,14H2,(H,18,19). The van der Waals surface area contributed by atoms with E-state index >= 15 is 0 Å². The molecule has 3 nitrogen and oxygen atoms in total. The van der Waals surface area contributed by atoms with E-state index in [1.165, 1.54) is 6.42 Å². The number of hydrogen-bond acceptors (Lipinski definition) is 2. The minimum atomic E-state index is -0.872. The molecule has 1 rings (SSSR count). The van der Waals surface area contributed by atoms with E-state index in [0.717, 1.165) is 44.5 Å². The van der Waals surface area contributed by atoms with Crippen LogP contribution in [0.25, 0.3) is 0 Å². The molecule has 0 aromatic heterocycles. The zero-order valence-electron chi connectivity index (χ0n) is 12.0. The summed E-state index contributed by atoms with van der Waals surface area (Å²) in [7, 11) is 0. The van der Waals surface area contributed by atoms with Crippen LogP contribution < -0.4 is 4.74 Å². The van der Waals surface area contributed by atoms with Gasteiger partial charge >= 0.3 is 5.97 Å². The number of carboxylic acids is 1. The van der Waals surface area contributed by atoms with Crippen LogP contribution in [0.2, 0.25) is 0 Å². The number of hydrogen-bond donors (Lipinski definition) is 1. The number of ether oxygens (including phenoxy) is 1. The SMILES string of the molecule is C=C(CCCCCCCCOc1ccccc1)C(=O)O. The summed E-state index contributed by atoms with van der Waals surface area (Å²) < 4.78 is 5.61. The minimum Gasteiger partial charge on any atom is -0.494 e. The highest BCUT2D eigenvalue weighted by Crippen LogP contribution is 2.12. The van der Waals surface area contributed by atoms with E-state index < -0.39 is 5.97 Å². The third kappa shape index (κ3) is 7.62. The third-order valence-corrected chi connectivity index (χ3v) is 3.19. The maximum absolute atomic E-state index is 10.5. The van der Waals surface area contributed by atoms with Crippen molar-refractivity contribution in [3.8, 4) is 5.75 Å². The fourth-order valence-corrected chi connectivity index (χ4v) is 1.96. The predicted molar refractivity (Wildman–Crippen MR) is 81.0 cm³/mol. The van der Waals surface area contributed by atoms with E-state index in [0.29, 0.717) is 12.0 Å². The molecule has 0 bridgehead atoms. The van der Waals surface area contributed by atoms with Crippen LogP contribution in [0.4, 0.5) is 0 Å². The second-order valence-electron chi connectivity index (χ2n) is 4.94. The molecule has 0 radical (unpaired) electrons. The molecular weight excluding hydrogens is 252 g/mol. The monoisotopic (exact) mass is 276 g/mol. The van der Waals surface area contributed by atoms with Crippen molar-refractivity contribution in [2.24, 2.45) is 0 Å². The number of rotatable bonds is 11. The highest BCUT2D eigenvalue weighted by Gasteiger charge is 2.02. The molecule has 0 saturated heterocycles. The Morgan fingerprint density at radius 1 is 1.00 bits per heavy atom. The van der Waals surface area contributed by atoms with Gasteiger partial charge in [-0.3, -0.25) is 0 Å². The number of carbonyl (C=O) groups is 1. The maximum atomic E-state index is 10.5. The zero-order valence-corrected chi connectivity index (χ0v) is 12.0. The van der Waals surface area contributed by atoms with E-state index in [1.807, 2.05) is 30.3 Å². The molecule has 20 heavy (non-hydrogen) atoms. The second kappa shape index (κ2) is 10.1. The molecule has 1 aromatic rings. The lowest BCUT2D eigenvalue weighted by atomic mass is 10.1. The van der Waals surface area contributed by atoms with Gasteiger partial charge in [0.15, 0.2) is 0 Å². The van der Waals surface area contributed by atoms with Crippen molar-refractivity contribution >= 4 is 5.97 Å². The smallest absolute Gasteiger partial charge is 0.330 e. The van der Waals surface area contributed by atoms with Gasteiger partial charge in [-0.1, -0.05) is 50.5 Å². The Kier molecular flexibility index (Phi) is 8.20. The van der Waals surface area contributed by atoms with Gasteiger partial charge in [0.25, 0.3) is 0 Å². The van der Waals surface area contributed by atoms with Crippen molar-refractivity contribution in [3.63, 3.8) is 0 Å². The van der Waals surface area contributed by atoms with Crippen LogP contribution in [-0.2, 0) is 4.79 Å². The van der Waals surface area contributed by atoms with Crippen LogP contribution in [0.5, 0.6) is 5.75 Å². The first-order valence-corrected chi connectivity index (χ1v) is 7.29. The number of para-hydroxylation sites is 1. The summed E-state index contributed by atoms with van der Waals surface area (Å²) in [5.41, 5.74) is 0.321. The molecule has 1 aromatic carbocycles. The van der Waals surface area contributed by atoms with Crippen LogP contribution in [0.3, 0.4) is 0 Å². The Morgan fingerprint density at radius 3 is 2.25 bits per heavy atom. The zero-order chi connectivity index (χ0) is 14.6. The Labute approximate surface area is 121 Å². The van der Waals surface area contributed by atoms with E-state index in [4.69, 9.17) is 9.84 Å². The summed E-state index contributed by atoms with van der Waals surface area (Å²) in [5.74, 6) is 0.0581. The molecular formula is C17H24O3. The lowest BCUT2D eigenvalue weighted by molar-refractivity contribution is -0.132. The van der Waals surface area contributed by atoms with Gasteiger partial charge < -0.3 is 9.84 Å². The summed E-state index contributed by atoms with van der Waals surface area (Å²) in [6.07, 6.45) is 7.16. The van der Waals surface area contributed by atoms with Crippen LogP contribution in [-0.4, -0.2) is 17.7 Å². The van der Waals surface area contributed by atoms with Crippen LogP contribution in [0.1, 0.15) is 44.9 Å². The first-order chi connectivity index (χ1) is 9.70. The van der Waals surface area contributed by atoms with E-state index in [-0.39, 0.29) is 0 Å². The van der Waals surface area contributed by atoms with Crippen LogP contribution in [0, 0.1) is 0 Å². The molecule has 0 amide bonds. The van der Waals surface area contributed by atoms with Gasteiger partial charge in [-0.2, -0.15) is 0 Å². The highest BCUT2D eigenvalue weighted by atomic mass is 16.5. The summed E-state index contributed by atoms with van der Waals surface area (Å²) in [6.45, 7) is 4.29. The molecule has 0 atom stereocenters. The van der Waals surface area contributed by atoms with Gasteiger partial charge in [-0.15, -0.1) is 0 Å². The van der Waals surface area contributed by atoms with Crippen molar-refractivity contribution < 1.29 is 14.6 Å². The molecule has 0 spiro atoms. The Bertz CT molecular complexity index is 398. The van der Waals surface area contributed by atoms with Gasteiger partial charge in [0.2, 0.25) is 0 Å². The summed E-state index contributed by atoms with van der Waals surface area (Å²) in [6, 6.07) is 9.86. The Morgan fingerprint density at radius 2 is 1.60 bits per heavy atom. The number of carboxylic acid groups (broad SMARTS) is 1. The number of aliphatic carboxylic acids is 1. The van der Waals surface area contributed by atoms with E-state index in [9.17, 15) is 4.79 Å². The summed E-state index contributed by atoms with van der Waals surface area (Å²) >= 11 is 0. The normalized spacial score (nSPS) is 10.2. The van der Waals surface area contributed by atoms with Gasteiger partial charge in [0.1, 0.15) is 5.75 Å². The maximum Gasteiger partial charge on any atom is 0.330 e. The molecule has 0 aliphatic heterocycles. The van der Waals surface area contributed by atoms with Crippen molar-refractivity contribution in [2.45, 2.75) is 44.9 Å². The van der Waals surface area contributed by atoms with Gasteiger partial charge in [-0.05, 0) is 31.4 Å². The van der Waals surface area contributed by atoms with E-state index in [2.05, 4.69) is 6.58 Å².